The predicted molar refractivity (Wildman–Crippen MR) is 163 cm³/mol. The van der Waals surface area contributed by atoms with Gasteiger partial charge in [0, 0.05) is 56.7 Å². The zero-order valence-electron chi connectivity index (χ0n) is 21.8. The van der Waals surface area contributed by atoms with Gasteiger partial charge in [-0.1, -0.05) is 90.5 Å². The Kier molecular flexibility index (Phi) is 11.5. The van der Waals surface area contributed by atoms with Crippen LogP contribution in [0, 0.1) is 0 Å². The Morgan fingerprint density at radius 2 is 1.54 bits per heavy atom. The maximum absolute atomic E-state index is 13.9. The molecule has 8 heteroatoms. The number of rotatable bonds is 11. The lowest BCUT2D eigenvalue weighted by Crippen LogP contribution is -2.53. The first-order chi connectivity index (χ1) is 18.9. The van der Waals surface area contributed by atoms with Crippen molar-refractivity contribution in [2.24, 2.45) is 0 Å². The molecule has 0 heterocycles. The smallest absolute Gasteiger partial charge is 0.243 e. The first-order valence-corrected chi connectivity index (χ1v) is 15.5. The Labute approximate surface area is 250 Å². The van der Waals surface area contributed by atoms with Crippen molar-refractivity contribution in [1.29, 1.82) is 0 Å². The number of hydrogen-bond acceptors (Lipinski definition) is 3. The van der Waals surface area contributed by atoms with Crippen LogP contribution in [0.25, 0.3) is 0 Å². The van der Waals surface area contributed by atoms with Gasteiger partial charge >= 0.3 is 0 Å². The Morgan fingerprint density at radius 3 is 2.21 bits per heavy atom. The SMILES string of the molecule is O=C(NC1CCCCC1)[C@@H](Cc1ccccc1)N(Cc1c(Cl)cccc1Cl)C(=O)CCSc1ccc(Cl)cc1. The van der Waals surface area contributed by atoms with E-state index in [1.165, 1.54) is 6.42 Å². The number of amides is 2. The minimum atomic E-state index is -0.699. The van der Waals surface area contributed by atoms with Crippen molar-refractivity contribution in [3.8, 4) is 0 Å². The number of carbonyl (C=O) groups excluding carboxylic acids is 2. The van der Waals surface area contributed by atoms with E-state index >= 15 is 0 Å². The summed E-state index contributed by atoms with van der Waals surface area (Å²) < 4.78 is 0. The molecule has 4 rings (SSSR count). The van der Waals surface area contributed by atoms with Gasteiger partial charge in [-0.15, -0.1) is 11.8 Å². The Morgan fingerprint density at radius 1 is 0.872 bits per heavy atom. The van der Waals surface area contributed by atoms with Crippen LogP contribution >= 0.6 is 46.6 Å². The molecule has 0 radical (unpaired) electrons. The molecule has 1 saturated carbocycles. The molecule has 3 aromatic rings. The fourth-order valence-electron chi connectivity index (χ4n) is 4.88. The Balaban J connectivity index is 1.60. The van der Waals surface area contributed by atoms with E-state index in [1.54, 1.807) is 34.9 Å². The maximum Gasteiger partial charge on any atom is 0.243 e. The minimum Gasteiger partial charge on any atom is -0.352 e. The predicted octanol–water partition coefficient (Wildman–Crippen LogP) is 8.22. The van der Waals surface area contributed by atoms with E-state index in [0.29, 0.717) is 32.8 Å². The third-order valence-corrected chi connectivity index (χ3v) is 8.99. The highest BCUT2D eigenvalue weighted by atomic mass is 35.5. The van der Waals surface area contributed by atoms with Gasteiger partial charge in [0.2, 0.25) is 11.8 Å². The lowest BCUT2D eigenvalue weighted by atomic mass is 9.94. The summed E-state index contributed by atoms with van der Waals surface area (Å²) in [6.07, 6.45) is 6.00. The molecule has 0 bridgehead atoms. The van der Waals surface area contributed by atoms with E-state index in [0.717, 1.165) is 36.1 Å². The maximum atomic E-state index is 13.9. The average Bonchev–Trinajstić information content (AvgIpc) is 2.94. The topological polar surface area (TPSA) is 49.4 Å². The number of nitrogens with zero attached hydrogens (tertiary/aromatic N) is 1. The molecule has 0 spiro atoms. The van der Waals surface area contributed by atoms with Crippen LogP contribution < -0.4 is 5.32 Å². The van der Waals surface area contributed by atoms with E-state index in [-0.39, 0.29) is 30.8 Å². The van der Waals surface area contributed by atoms with Crippen molar-refractivity contribution in [2.45, 2.75) is 68.5 Å². The summed E-state index contributed by atoms with van der Waals surface area (Å²) in [5.74, 6) is 0.315. The molecular formula is C31H33Cl3N2O2S. The second-order valence-corrected chi connectivity index (χ2v) is 12.2. The Bertz CT molecular complexity index is 1210. The van der Waals surface area contributed by atoms with E-state index in [9.17, 15) is 9.59 Å². The summed E-state index contributed by atoms with van der Waals surface area (Å²) >= 11 is 20.7. The van der Waals surface area contributed by atoms with E-state index in [2.05, 4.69) is 5.32 Å². The third kappa shape index (κ3) is 8.91. The molecule has 1 aliphatic carbocycles. The van der Waals surface area contributed by atoms with Gasteiger partial charge in [0.05, 0.1) is 0 Å². The molecule has 2 amide bonds. The number of thioether (sulfide) groups is 1. The van der Waals surface area contributed by atoms with Gasteiger partial charge in [-0.3, -0.25) is 9.59 Å². The zero-order chi connectivity index (χ0) is 27.6. The first kappa shape index (κ1) is 29.8. The summed E-state index contributed by atoms with van der Waals surface area (Å²) in [5.41, 5.74) is 1.63. The molecule has 0 unspecified atom stereocenters. The molecular weight excluding hydrogens is 571 g/mol. The summed E-state index contributed by atoms with van der Waals surface area (Å²) in [5, 5.41) is 4.88. The quantitative estimate of drug-likeness (QED) is 0.225. The fraction of sp³-hybridized carbons (Fsp3) is 0.355. The first-order valence-electron chi connectivity index (χ1n) is 13.4. The second-order valence-electron chi connectivity index (χ2n) is 9.82. The van der Waals surface area contributed by atoms with E-state index in [1.807, 2.05) is 54.6 Å². The lowest BCUT2D eigenvalue weighted by Gasteiger charge is -2.34. The molecule has 1 N–H and O–H groups in total. The van der Waals surface area contributed by atoms with Gasteiger partial charge in [0.15, 0.2) is 0 Å². The molecule has 3 aromatic carbocycles. The highest BCUT2D eigenvalue weighted by Gasteiger charge is 2.32. The number of nitrogens with one attached hydrogen (secondary N) is 1. The third-order valence-electron chi connectivity index (χ3n) is 7.01. The fourth-order valence-corrected chi connectivity index (χ4v) is 6.37. The zero-order valence-corrected chi connectivity index (χ0v) is 24.8. The van der Waals surface area contributed by atoms with Crippen molar-refractivity contribution < 1.29 is 9.59 Å². The van der Waals surface area contributed by atoms with Crippen LogP contribution in [-0.4, -0.2) is 34.6 Å². The molecule has 0 aromatic heterocycles. The molecule has 4 nitrogen and oxygen atoms in total. The molecule has 1 atom stereocenters. The normalized spacial score (nSPS) is 14.5. The van der Waals surface area contributed by atoms with E-state index in [4.69, 9.17) is 34.8 Å². The number of hydrogen-bond donors (Lipinski definition) is 1. The molecule has 0 saturated heterocycles. The van der Waals surface area contributed by atoms with Crippen molar-refractivity contribution >= 4 is 58.4 Å². The van der Waals surface area contributed by atoms with Gasteiger partial charge in [-0.05, 0) is 54.8 Å². The molecule has 206 valence electrons. The van der Waals surface area contributed by atoms with Gasteiger partial charge in [0.25, 0.3) is 0 Å². The molecule has 1 fully saturated rings. The second kappa shape index (κ2) is 15.0. The largest absolute Gasteiger partial charge is 0.352 e. The van der Waals surface area contributed by atoms with Crippen molar-refractivity contribution in [1.82, 2.24) is 10.2 Å². The van der Waals surface area contributed by atoms with Crippen molar-refractivity contribution in [3.05, 3.63) is 99.0 Å². The van der Waals surface area contributed by atoms with E-state index < -0.39 is 6.04 Å². The van der Waals surface area contributed by atoms with Crippen molar-refractivity contribution in [3.63, 3.8) is 0 Å². The van der Waals surface area contributed by atoms with Crippen LogP contribution in [0.2, 0.25) is 15.1 Å². The summed E-state index contributed by atoms with van der Waals surface area (Å²) in [6, 6.07) is 22.1. The van der Waals surface area contributed by atoms with Crippen LogP contribution in [0.3, 0.4) is 0 Å². The van der Waals surface area contributed by atoms with Crippen molar-refractivity contribution in [2.75, 3.05) is 5.75 Å². The molecule has 0 aliphatic heterocycles. The number of benzene rings is 3. The lowest BCUT2D eigenvalue weighted by molar-refractivity contribution is -0.141. The van der Waals surface area contributed by atoms with Crippen LogP contribution in [0.4, 0.5) is 0 Å². The molecule has 39 heavy (non-hydrogen) atoms. The van der Waals surface area contributed by atoms with Gasteiger partial charge in [-0.2, -0.15) is 0 Å². The standard InChI is InChI=1S/C31H33Cl3N2O2S/c32-23-14-16-25(17-15-23)39-19-18-30(37)36(21-26-27(33)12-7-13-28(26)34)29(20-22-8-3-1-4-9-22)31(38)35-24-10-5-2-6-11-24/h1,3-4,7-9,12-17,24,29H,2,5-6,10-11,18-21H2,(H,35,38)/t29-/m1/s1. The minimum absolute atomic E-state index is 0.118. The summed E-state index contributed by atoms with van der Waals surface area (Å²) in [7, 11) is 0. The Hall–Kier alpha value is -2.18. The van der Waals surface area contributed by atoms with Crippen LogP contribution in [-0.2, 0) is 22.6 Å². The van der Waals surface area contributed by atoms with Gasteiger partial charge in [0.1, 0.15) is 6.04 Å². The number of halogens is 3. The van der Waals surface area contributed by atoms with Gasteiger partial charge in [-0.25, -0.2) is 0 Å². The van der Waals surface area contributed by atoms with Crippen LogP contribution in [0.15, 0.2) is 77.7 Å². The monoisotopic (exact) mass is 602 g/mol. The van der Waals surface area contributed by atoms with Crippen LogP contribution in [0.1, 0.15) is 49.7 Å². The highest BCUT2D eigenvalue weighted by molar-refractivity contribution is 7.99. The highest BCUT2D eigenvalue weighted by Crippen LogP contribution is 2.29. The van der Waals surface area contributed by atoms with Crippen LogP contribution in [0.5, 0.6) is 0 Å². The summed E-state index contributed by atoms with van der Waals surface area (Å²) in [4.78, 5) is 30.4. The molecule has 1 aliphatic rings. The van der Waals surface area contributed by atoms with Gasteiger partial charge < -0.3 is 10.2 Å². The number of carbonyl (C=O) groups is 2. The summed E-state index contributed by atoms with van der Waals surface area (Å²) in [6.45, 7) is 0.151. The average molecular weight is 604 g/mol.